The fourth-order valence-electron chi connectivity index (χ4n) is 3.19. The second-order valence-corrected chi connectivity index (χ2v) is 9.44. The van der Waals surface area contributed by atoms with Gasteiger partial charge in [0.2, 0.25) is 0 Å². The monoisotopic (exact) mass is 464 g/mol. The van der Waals surface area contributed by atoms with Crippen molar-refractivity contribution in [3.63, 3.8) is 0 Å². The van der Waals surface area contributed by atoms with Crippen molar-refractivity contribution in [2.45, 2.75) is 90.1 Å². The highest BCUT2D eigenvalue weighted by Gasteiger charge is 2.20. The summed E-state index contributed by atoms with van der Waals surface area (Å²) in [6.45, 7) is 2.27. The molecule has 7 nitrogen and oxygen atoms in total. The van der Waals surface area contributed by atoms with Crippen LogP contribution in [-0.4, -0.2) is 31.4 Å². The minimum Gasteiger partial charge on any atom is -0.748 e. The van der Waals surface area contributed by atoms with Crippen LogP contribution in [0.2, 0.25) is 5.22 Å². The molecule has 30 heavy (non-hydrogen) atoms. The number of hydrogen-bond acceptors (Lipinski definition) is 6. The van der Waals surface area contributed by atoms with E-state index < -0.39 is 28.1 Å². The van der Waals surface area contributed by atoms with E-state index in [1.54, 1.807) is 12.1 Å². The molecular weight excluding hydrogens is 430 g/mol. The normalized spacial score (nSPS) is 12.6. The Morgan fingerprint density at radius 3 is 2.20 bits per heavy atom. The molecule has 0 aromatic carbocycles. The molecule has 1 unspecified atom stereocenters. The Bertz CT molecular complexity index is 691. The number of carbonyl (C=O) groups is 1. The summed E-state index contributed by atoms with van der Waals surface area (Å²) in [6, 6.07) is 3.28. The third-order valence-corrected chi connectivity index (χ3v) is 5.81. The molecule has 1 atom stereocenters. The van der Waals surface area contributed by atoms with Crippen LogP contribution >= 0.6 is 11.6 Å². The van der Waals surface area contributed by atoms with Crippen molar-refractivity contribution in [2.75, 3.05) is 12.3 Å². The van der Waals surface area contributed by atoms with Gasteiger partial charge in [-0.2, -0.15) is 0 Å². The van der Waals surface area contributed by atoms with Crippen LogP contribution in [0.4, 0.5) is 4.79 Å². The minimum atomic E-state index is -4.29. The highest BCUT2D eigenvalue weighted by molar-refractivity contribution is 7.85. The second-order valence-electron chi connectivity index (χ2n) is 7.55. The van der Waals surface area contributed by atoms with E-state index in [2.05, 4.69) is 12.2 Å². The Morgan fingerprint density at radius 1 is 1.07 bits per heavy atom. The van der Waals surface area contributed by atoms with Crippen LogP contribution < -0.4 is 5.32 Å². The molecule has 174 valence electrons. The third-order valence-electron chi connectivity index (χ3n) is 4.82. The lowest BCUT2D eigenvalue weighted by Crippen LogP contribution is -2.28. The van der Waals surface area contributed by atoms with Crippen molar-refractivity contribution in [2.24, 2.45) is 0 Å². The number of hydrogen-bond donors (Lipinski definition) is 1. The van der Waals surface area contributed by atoms with Crippen LogP contribution in [0.25, 0.3) is 0 Å². The molecule has 0 saturated carbocycles. The molecule has 0 aliphatic carbocycles. The number of halogens is 1. The van der Waals surface area contributed by atoms with Gasteiger partial charge in [-0.1, -0.05) is 64.7 Å². The average Bonchev–Trinajstić information content (AvgIpc) is 3.11. The van der Waals surface area contributed by atoms with Crippen LogP contribution in [-0.2, 0) is 14.9 Å². The molecule has 9 heteroatoms. The molecule has 1 heterocycles. The van der Waals surface area contributed by atoms with Crippen LogP contribution in [0.5, 0.6) is 0 Å². The Kier molecular flexibility index (Phi) is 13.9. The van der Waals surface area contributed by atoms with E-state index in [-0.39, 0.29) is 18.2 Å². The topological polar surface area (TPSA) is 109 Å². The number of nitrogens with one attached hydrogen (secondary N) is 1. The third kappa shape index (κ3) is 13.9. The highest BCUT2D eigenvalue weighted by atomic mass is 35.5. The number of ether oxygens (including phenoxy) is 1. The van der Waals surface area contributed by atoms with Crippen molar-refractivity contribution in [1.82, 2.24) is 5.32 Å². The summed E-state index contributed by atoms with van der Waals surface area (Å²) in [5.74, 6) is -0.0449. The maximum atomic E-state index is 12.0. The lowest BCUT2D eigenvalue weighted by atomic mass is 10.0. The Morgan fingerprint density at radius 2 is 1.67 bits per heavy atom. The quantitative estimate of drug-likeness (QED) is 0.225. The number of furan rings is 1. The van der Waals surface area contributed by atoms with E-state index in [9.17, 15) is 17.8 Å². The van der Waals surface area contributed by atoms with Gasteiger partial charge < -0.3 is 19.0 Å². The van der Waals surface area contributed by atoms with Crippen LogP contribution in [0.15, 0.2) is 16.5 Å². The predicted octanol–water partition coefficient (Wildman–Crippen LogP) is 5.95. The van der Waals surface area contributed by atoms with E-state index in [0.717, 1.165) is 19.3 Å². The molecule has 0 aliphatic heterocycles. The van der Waals surface area contributed by atoms with Crippen molar-refractivity contribution >= 4 is 27.8 Å². The van der Waals surface area contributed by atoms with E-state index in [1.165, 1.54) is 44.9 Å². The molecule has 1 N–H and O–H groups in total. The first-order valence-electron chi connectivity index (χ1n) is 10.9. The lowest BCUT2D eigenvalue weighted by Gasteiger charge is -2.16. The largest absolute Gasteiger partial charge is 0.748 e. The van der Waals surface area contributed by atoms with Crippen molar-refractivity contribution in [1.29, 1.82) is 0 Å². The average molecular weight is 465 g/mol. The van der Waals surface area contributed by atoms with E-state index >= 15 is 0 Å². The summed E-state index contributed by atoms with van der Waals surface area (Å²) in [4.78, 5) is 12.0. The molecule has 1 aromatic rings. The molecule has 0 spiro atoms. The van der Waals surface area contributed by atoms with Gasteiger partial charge in [-0.05, 0) is 43.0 Å². The predicted molar refractivity (Wildman–Crippen MR) is 117 cm³/mol. The Labute approximate surface area is 185 Å². The molecule has 0 saturated heterocycles. The summed E-state index contributed by atoms with van der Waals surface area (Å²) < 4.78 is 42.6. The fourth-order valence-corrected chi connectivity index (χ4v) is 3.84. The molecule has 0 fully saturated rings. The van der Waals surface area contributed by atoms with Crippen molar-refractivity contribution in [3.05, 3.63) is 23.1 Å². The molecule has 1 rings (SSSR count). The summed E-state index contributed by atoms with van der Waals surface area (Å²) in [5, 5.41) is 2.69. The van der Waals surface area contributed by atoms with Crippen LogP contribution in [0, 0.1) is 0 Å². The maximum Gasteiger partial charge on any atom is 0.407 e. The first-order valence-corrected chi connectivity index (χ1v) is 12.9. The molecule has 1 amide bonds. The number of unbranched alkanes of at least 4 members (excludes halogenated alkanes) is 9. The Hall–Kier alpha value is -1.25. The summed E-state index contributed by atoms with van der Waals surface area (Å²) in [5.41, 5.74) is 0. The van der Waals surface area contributed by atoms with Gasteiger partial charge in [0.25, 0.3) is 0 Å². The minimum absolute atomic E-state index is 0.0383. The summed E-state index contributed by atoms with van der Waals surface area (Å²) >= 11 is 5.84. The zero-order valence-electron chi connectivity index (χ0n) is 17.9. The summed E-state index contributed by atoms with van der Waals surface area (Å²) in [6.07, 6.45) is 11.5. The van der Waals surface area contributed by atoms with Gasteiger partial charge in [0.05, 0.1) is 10.1 Å². The van der Waals surface area contributed by atoms with Gasteiger partial charge in [-0.25, -0.2) is 13.2 Å². The number of amides is 1. The first kappa shape index (κ1) is 26.8. The van der Waals surface area contributed by atoms with E-state index in [4.69, 9.17) is 20.8 Å². The van der Waals surface area contributed by atoms with Gasteiger partial charge in [-0.3, -0.25) is 0 Å². The number of carbonyl (C=O) groups excluding carboxylic acids is 1. The molecule has 0 aliphatic rings. The molecule has 0 radical (unpaired) electrons. The fraction of sp³-hybridized carbons (Fsp3) is 0.762. The van der Waals surface area contributed by atoms with Gasteiger partial charge in [0.15, 0.2) is 11.3 Å². The number of rotatable bonds is 17. The van der Waals surface area contributed by atoms with Crippen LogP contribution in [0.1, 0.15) is 95.8 Å². The van der Waals surface area contributed by atoms with Gasteiger partial charge >= 0.3 is 6.09 Å². The highest BCUT2D eigenvalue weighted by Crippen LogP contribution is 2.28. The maximum absolute atomic E-state index is 12.0. The van der Waals surface area contributed by atoms with E-state index in [0.29, 0.717) is 12.2 Å². The van der Waals surface area contributed by atoms with Crippen molar-refractivity contribution in [3.8, 4) is 0 Å². The zero-order valence-corrected chi connectivity index (χ0v) is 19.4. The summed E-state index contributed by atoms with van der Waals surface area (Å²) in [7, 11) is -4.29. The standard InChI is InChI=1S/C21H36ClNO6S/c1-2-3-4-5-6-7-8-9-10-11-13-18(19-14-15-20(22)28-19)29-21(24)23-16-12-17-30(25,26)27/h14-15,18H,2-13,16-17H2,1H3,(H,23,24)(H,25,26,27)/p-1. The number of alkyl carbamates (subject to hydrolysis) is 1. The SMILES string of the molecule is CCCCCCCCCCCCC(OC(=O)NCCCS(=O)(=O)[O-])c1ccc(Cl)o1. The second kappa shape index (κ2) is 15.5. The molecule has 0 bridgehead atoms. The van der Waals surface area contributed by atoms with Gasteiger partial charge in [0, 0.05) is 12.3 Å². The zero-order chi connectivity index (χ0) is 22.2. The van der Waals surface area contributed by atoms with E-state index in [1.807, 2.05) is 0 Å². The molecular formula is C21H35ClNO6S-. The van der Waals surface area contributed by atoms with Gasteiger partial charge in [-0.15, -0.1) is 0 Å². The van der Waals surface area contributed by atoms with Crippen LogP contribution in [0.3, 0.4) is 0 Å². The van der Waals surface area contributed by atoms with Crippen molar-refractivity contribution < 1.29 is 26.9 Å². The Balaban J connectivity index is 2.29. The molecule has 1 aromatic heterocycles. The smallest absolute Gasteiger partial charge is 0.407 e. The van der Waals surface area contributed by atoms with Gasteiger partial charge in [0.1, 0.15) is 5.76 Å². The first-order chi connectivity index (χ1) is 14.3. The lowest BCUT2D eigenvalue weighted by molar-refractivity contribution is 0.0778.